The molecule has 0 saturated heterocycles. The number of ketones is 1. The average Bonchev–Trinajstić information content (AvgIpc) is 3.27. The van der Waals surface area contributed by atoms with E-state index in [0.29, 0.717) is 5.75 Å². The minimum absolute atomic E-state index is 0.0602. The lowest BCUT2D eigenvalue weighted by molar-refractivity contribution is -0.118. The van der Waals surface area contributed by atoms with Crippen LogP contribution in [-0.4, -0.2) is 24.0 Å². The summed E-state index contributed by atoms with van der Waals surface area (Å²) in [5.74, 6) is 1.01. The van der Waals surface area contributed by atoms with Gasteiger partial charge in [0.1, 0.15) is 0 Å². The molecule has 1 saturated carbocycles. The number of Topliss-reactive ketones (excluding diaryl/α,β-unsaturated/α-hetero) is 1. The Kier molecular flexibility index (Phi) is 5.02. The number of hydrogen-bond acceptors (Lipinski definition) is 3. The van der Waals surface area contributed by atoms with Crippen molar-refractivity contribution in [1.82, 2.24) is 5.32 Å². The summed E-state index contributed by atoms with van der Waals surface area (Å²) in [4.78, 5) is 24.3. The first-order valence-electron chi connectivity index (χ1n) is 6.74. The quantitative estimate of drug-likeness (QED) is 0.616. The minimum atomic E-state index is 0.0602. The number of carbonyl (C=O) groups excluding carboxylic acids is 2. The summed E-state index contributed by atoms with van der Waals surface area (Å²) in [6, 6.07) is 7.58. The van der Waals surface area contributed by atoms with Gasteiger partial charge in [0.25, 0.3) is 0 Å². The van der Waals surface area contributed by atoms with Gasteiger partial charge in [-0.05, 0) is 31.4 Å². The zero-order valence-electron chi connectivity index (χ0n) is 11.1. The van der Waals surface area contributed by atoms with Gasteiger partial charge in [0, 0.05) is 22.9 Å². The molecule has 0 radical (unpaired) electrons. The summed E-state index contributed by atoms with van der Waals surface area (Å²) in [6.45, 7) is 2.76. The molecule has 1 aliphatic carbocycles. The molecule has 0 atom stereocenters. The third-order valence-electron chi connectivity index (χ3n) is 3.03. The van der Waals surface area contributed by atoms with Gasteiger partial charge in [0.2, 0.25) is 5.91 Å². The van der Waals surface area contributed by atoms with E-state index in [0.717, 1.165) is 36.3 Å². The van der Waals surface area contributed by atoms with E-state index in [-0.39, 0.29) is 17.6 Å². The van der Waals surface area contributed by atoms with Gasteiger partial charge in [-0.15, -0.1) is 11.8 Å². The van der Waals surface area contributed by atoms with Crippen LogP contribution in [0.15, 0.2) is 29.2 Å². The molecule has 1 aliphatic rings. The second-order valence-electron chi connectivity index (χ2n) is 4.80. The van der Waals surface area contributed by atoms with Crippen molar-refractivity contribution in [3.8, 4) is 0 Å². The smallest absolute Gasteiger partial charge is 0.230 e. The molecule has 0 unspecified atom stereocenters. The highest BCUT2D eigenvalue weighted by molar-refractivity contribution is 8.00. The number of rotatable bonds is 7. The van der Waals surface area contributed by atoms with Crippen molar-refractivity contribution < 1.29 is 9.59 Å². The molecular formula is C15H19NO2S. The van der Waals surface area contributed by atoms with Crippen LogP contribution < -0.4 is 5.32 Å². The first-order valence-corrected chi connectivity index (χ1v) is 7.73. The second kappa shape index (κ2) is 6.75. The molecule has 0 bridgehead atoms. The Labute approximate surface area is 118 Å². The Balaban J connectivity index is 1.81. The number of carbonyl (C=O) groups is 2. The molecule has 3 nitrogen and oxygen atoms in total. The number of benzene rings is 1. The van der Waals surface area contributed by atoms with Gasteiger partial charge < -0.3 is 5.32 Å². The average molecular weight is 277 g/mol. The fraction of sp³-hybridized carbons (Fsp3) is 0.467. The fourth-order valence-electron chi connectivity index (χ4n) is 1.76. The highest BCUT2D eigenvalue weighted by Crippen LogP contribution is 2.32. The van der Waals surface area contributed by atoms with Crippen molar-refractivity contribution in [3.05, 3.63) is 29.8 Å². The minimum Gasteiger partial charge on any atom is -0.355 e. The van der Waals surface area contributed by atoms with Crippen LogP contribution in [-0.2, 0) is 4.79 Å². The Hall–Kier alpha value is -1.29. The van der Waals surface area contributed by atoms with Gasteiger partial charge >= 0.3 is 0 Å². The van der Waals surface area contributed by atoms with E-state index in [9.17, 15) is 9.59 Å². The lowest BCUT2D eigenvalue weighted by atomic mass is 10.1. The molecule has 1 fully saturated rings. The van der Waals surface area contributed by atoms with E-state index in [4.69, 9.17) is 0 Å². The summed E-state index contributed by atoms with van der Waals surface area (Å²) in [6.07, 6.45) is 3.02. The monoisotopic (exact) mass is 277 g/mol. The van der Waals surface area contributed by atoms with Gasteiger partial charge in [-0.3, -0.25) is 9.59 Å². The van der Waals surface area contributed by atoms with Gasteiger partial charge in [0.05, 0.1) is 5.75 Å². The van der Waals surface area contributed by atoms with E-state index in [1.54, 1.807) is 0 Å². The van der Waals surface area contributed by atoms with E-state index in [1.807, 2.05) is 31.2 Å². The topological polar surface area (TPSA) is 46.2 Å². The molecule has 1 N–H and O–H groups in total. The first-order chi connectivity index (χ1) is 9.20. The predicted octanol–water partition coefficient (Wildman–Crippen LogP) is 2.90. The van der Waals surface area contributed by atoms with Crippen LogP contribution in [0.4, 0.5) is 0 Å². The van der Waals surface area contributed by atoms with Crippen LogP contribution in [0.1, 0.15) is 36.5 Å². The number of hydrogen-bond donors (Lipinski definition) is 1. The summed E-state index contributed by atoms with van der Waals surface area (Å²) < 4.78 is 0. The maximum absolute atomic E-state index is 11.8. The SMILES string of the molecule is CCCNC(=O)CSc1ccc(C(=O)C2CC2)cc1. The molecule has 2 rings (SSSR count). The number of amides is 1. The van der Waals surface area contributed by atoms with Gasteiger partial charge in [-0.2, -0.15) is 0 Å². The van der Waals surface area contributed by atoms with Crippen LogP contribution in [0.25, 0.3) is 0 Å². The van der Waals surface area contributed by atoms with Crippen LogP contribution in [0, 0.1) is 5.92 Å². The molecule has 0 aliphatic heterocycles. The fourth-order valence-corrected chi connectivity index (χ4v) is 2.49. The second-order valence-corrected chi connectivity index (χ2v) is 5.85. The third-order valence-corrected chi connectivity index (χ3v) is 4.04. The molecule has 0 spiro atoms. The van der Waals surface area contributed by atoms with E-state index < -0.39 is 0 Å². The number of thioether (sulfide) groups is 1. The van der Waals surface area contributed by atoms with Crippen molar-refractivity contribution in [3.63, 3.8) is 0 Å². The Morgan fingerprint density at radius 2 is 1.95 bits per heavy atom. The number of nitrogens with one attached hydrogen (secondary N) is 1. The van der Waals surface area contributed by atoms with Crippen molar-refractivity contribution in [2.45, 2.75) is 31.1 Å². The summed E-state index contributed by atoms with van der Waals surface area (Å²) in [5, 5.41) is 2.84. The third kappa shape index (κ3) is 4.39. The zero-order chi connectivity index (χ0) is 13.7. The van der Waals surface area contributed by atoms with Crippen LogP contribution in [0.2, 0.25) is 0 Å². The largest absolute Gasteiger partial charge is 0.355 e. The summed E-state index contributed by atoms with van der Waals surface area (Å²) in [7, 11) is 0. The van der Waals surface area contributed by atoms with Crippen LogP contribution in [0.3, 0.4) is 0 Å². The van der Waals surface area contributed by atoms with Crippen LogP contribution >= 0.6 is 11.8 Å². The Morgan fingerprint density at radius 3 is 2.53 bits per heavy atom. The highest BCUT2D eigenvalue weighted by atomic mass is 32.2. The molecule has 102 valence electrons. The van der Waals surface area contributed by atoms with E-state index in [1.165, 1.54) is 11.8 Å². The van der Waals surface area contributed by atoms with E-state index in [2.05, 4.69) is 5.32 Å². The van der Waals surface area contributed by atoms with Gasteiger partial charge in [0.15, 0.2) is 5.78 Å². The lowest BCUT2D eigenvalue weighted by Crippen LogP contribution is -2.25. The van der Waals surface area contributed by atoms with Gasteiger partial charge in [-0.1, -0.05) is 19.1 Å². The predicted molar refractivity (Wildman–Crippen MR) is 77.5 cm³/mol. The zero-order valence-corrected chi connectivity index (χ0v) is 12.0. The maximum Gasteiger partial charge on any atom is 0.230 e. The summed E-state index contributed by atoms with van der Waals surface area (Å²) in [5.41, 5.74) is 0.794. The molecule has 1 amide bonds. The molecule has 19 heavy (non-hydrogen) atoms. The standard InChI is InChI=1S/C15H19NO2S/c1-2-9-16-14(17)10-19-13-7-5-12(6-8-13)15(18)11-3-4-11/h5-8,11H,2-4,9-10H2,1H3,(H,16,17). The van der Waals surface area contributed by atoms with Crippen molar-refractivity contribution in [2.24, 2.45) is 5.92 Å². The Morgan fingerprint density at radius 1 is 1.26 bits per heavy atom. The maximum atomic E-state index is 11.8. The molecule has 0 aromatic heterocycles. The molecule has 0 heterocycles. The lowest BCUT2D eigenvalue weighted by Gasteiger charge is -2.04. The Bertz CT molecular complexity index is 452. The van der Waals surface area contributed by atoms with Crippen molar-refractivity contribution >= 4 is 23.5 Å². The molecular weight excluding hydrogens is 258 g/mol. The van der Waals surface area contributed by atoms with E-state index >= 15 is 0 Å². The van der Waals surface area contributed by atoms with Crippen molar-refractivity contribution in [1.29, 1.82) is 0 Å². The molecule has 1 aromatic carbocycles. The normalized spacial score (nSPS) is 14.2. The highest BCUT2D eigenvalue weighted by Gasteiger charge is 2.30. The molecule has 1 aromatic rings. The van der Waals surface area contributed by atoms with Crippen molar-refractivity contribution in [2.75, 3.05) is 12.3 Å². The first kappa shape index (κ1) is 14.1. The van der Waals surface area contributed by atoms with Crippen LogP contribution in [0.5, 0.6) is 0 Å². The summed E-state index contributed by atoms with van der Waals surface area (Å²) >= 11 is 1.50. The molecule has 4 heteroatoms. The van der Waals surface area contributed by atoms with Gasteiger partial charge in [-0.25, -0.2) is 0 Å².